The molecule has 0 atom stereocenters. The van der Waals surface area contributed by atoms with Crippen molar-refractivity contribution in [3.63, 3.8) is 0 Å². The van der Waals surface area contributed by atoms with Crippen molar-refractivity contribution in [3.05, 3.63) is 42.0 Å². The first-order chi connectivity index (χ1) is 10.4. The highest BCUT2D eigenvalue weighted by Gasteiger charge is 2.13. The number of nitrogens with two attached hydrogens (primary N) is 1. The normalized spacial score (nSPS) is 10.0. The summed E-state index contributed by atoms with van der Waals surface area (Å²) in [5.41, 5.74) is 6.21. The van der Waals surface area contributed by atoms with E-state index in [1.165, 1.54) is 24.3 Å². The minimum atomic E-state index is -0.869. The third kappa shape index (κ3) is 3.37. The lowest BCUT2D eigenvalue weighted by atomic mass is 10.2. The summed E-state index contributed by atoms with van der Waals surface area (Å²) in [4.78, 5) is 23.5. The number of carbonyl (C=O) groups is 2. The van der Waals surface area contributed by atoms with Gasteiger partial charge in [0, 0.05) is 23.4 Å². The predicted molar refractivity (Wildman–Crippen MR) is 78.8 cm³/mol. The molecule has 0 unspecified atom stereocenters. The highest BCUT2D eigenvalue weighted by atomic mass is 16.3. The maximum atomic E-state index is 11.8. The molecule has 8 heteroatoms. The number of rotatable bonds is 2. The van der Waals surface area contributed by atoms with Crippen molar-refractivity contribution in [2.45, 2.75) is 0 Å². The number of hydrogen-bond donors (Lipinski definition) is 6. The van der Waals surface area contributed by atoms with Gasteiger partial charge in [0.25, 0.3) is 5.91 Å². The zero-order valence-electron chi connectivity index (χ0n) is 11.2. The minimum Gasteiger partial charge on any atom is -0.504 e. The number of phenolic OH excluding ortho intramolecular Hbond substituents is 3. The van der Waals surface area contributed by atoms with E-state index in [1.54, 1.807) is 0 Å². The average Bonchev–Trinajstić information content (AvgIpc) is 2.45. The molecule has 0 aromatic heterocycles. The molecule has 2 aromatic rings. The number of urea groups is 1. The molecule has 0 heterocycles. The third-order valence-corrected chi connectivity index (χ3v) is 2.73. The van der Waals surface area contributed by atoms with E-state index >= 15 is 0 Å². The molecule has 0 aliphatic carbocycles. The first-order valence-electron chi connectivity index (χ1n) is 6.09. The van der Waals surface area contributed by atoms with Gasteiger partial charge >= 0.3 is 6.03 Å². The van der Waals surface area contributed by atoms with Crippen LogP contribution >= 0.6 is 0 Å². The van der Waals surface area contributed by atoms with Crippen molar-refractivity contribution >= 4 is 23.3 Å². The van der Waals surface area contributed by atoms with Crippen molar-refractivity contribution in [1.82, 2.24) is 5.32 Å². The summed E-state index contributed by atoms with van der Waals surface area (Å²) in [7, 11) is 0. The minimum absolute atomic E-state index is 0.00425. The Kier molecular flexibility index (Phi) is 4.03. The molecular formula is C14H13N3O5. The molecule has 0 fully saturated rings. The summed E-state index contributed by atoms with van der Waals surface area (Å²) in [6, 6.07) is 7.11. The fourth-order valence-corrected chi connectivity index (χ4v) is 1.65. The first kappa shape index (κ1) is 15.0. The van der Waals surface area contributed by atoms with Crippen molar-refractivity contribution in [3.8, 4) is 17.2 Å². The zero-order valence-corrected chi connectivity index (χ0v) is 11.2. The third-order valence-electron chi connectivity index (χ3n) is 2.73. The first-order valence-corrected chi connectivity index (χ1v) is 6.09. The van der Waals surface area contributed by atoms with Gasteiger partial charge in [0.2, 0.25) is 0 Å². The van der Waals surface area contributed by atoms with Crippen LogP contribution in [0.4, 0.5) is 16.2 Å². The second-order valence-electron chi connectivity index (χ2n) is 4.39. The smallest absolute Gasteiger partial charge is 0.326 e. The number of hydrogen-bond acceptors (Lipinski definition) is 6. The summed E-state index contributed by atoms with van der Waals surface area (Å²) < 4.78 is 0. The number of benzene rings is 2. The zero-order chi connectivity index (χ0) is 16.3. The Morgan fingerprint density at radius 2 is 1.50 bits per heavy atom. The highest BCUT2D eigenvalue weighted by molar-refractivity contribution is 6.08. The van der Waals surface area contributed by atoms with Gasteiger partial charge in [-0.1, -0.05) is 0 Å². The fourth-order valence-electron chi connectivity index (χ4n) is 1.65. The Hall–Kier alpha value is -3.42. The van der Waals surface area contributed by atoms with E-state index in [2.05, 4.69) is 10.6 Å². The van der Waals surface area contributed by atoms with Gasteiger partial charge in [-0.15, -0.1) is 0 Å². The van der Waals surface area contributed by atoms with Gasteiger partial charge in [-0.2, -0.15) is 0 Å². The van der Waals surface area contributed by atoms with Crippen LogP contribution in [0.5, 0.6) is 17.2 Å². The van der Waals surface area contributed by atoms with Crippen LogP contribution in [0.1, 0.15) is 10.4 Å². The van der Waals surface area contributed by atoms with Crippen molar-refractivity contribution < 1.29 is 24.9 Å². The lowest BCUT2D eigenvalue weighted by Crippen LogP contribution is -2.34. The molecule has 3 amide bonds. The van der Waals surface area contributed by atoms with Crippen molar-refractivity contribution in [2.75, 3.05) is 11.1 Å². The molecule has 0 saturated heterocycles. The van der Waals surface area contributed by atoms with Crippen LogP contribution in [0.25, 0.3) is 0 Å². The molecule has 0 aliphatic heterocycles. The molecule has 0 spiro atoms. The van der Waals surface area contributed by atoms with Crippen LogP contribution in [0.15, 0.2) is 36.4 Å². The molecule has 8 nitrogen and oxygen atoms in total. The van der Waals surface area contributed by atoms with E-state index in [1.807, 2.05) is 0 Å². The summed E-state index contributed by atoms with van der Waals surface area (Å²) in [6.07, 6.45) is 0. The quantitative estimate of drug-likeness (QED) is 0.280. The van der Waals surface area contributed by atoms with E-state index in [4.69, 9.17) is 5.73 Å². The SMILES string of the molecule is Nc1ccc(C(=O)NC(=O)Nc2cc(O)c(O)c(O)c2)cc1. The topological polar surface area (TPSA) is 145 Å². The lowest BCUT2D eigenvalue weighted by Gasteiger charge is -2.09. The van der Waals surface area contributed by atoms with E-state index in [-0.39, 0.29) is 11.3 Å². The van der Waals surface area contributed by atoms with Gasteiger partial charge in [0.1, 0.15) is 0 Å². The van der Waals surface area contributed by atoms with Crippen LogP contribution in [-0.4, -0.2) is 27.3 Å². The number of nitrogens with one attached hydrogen (secondary N) is 2. The number of nitrogen functional groups attached to an aromatic ring is 1. The molecule has 0 radical (unpaired) electrons. The number of carbonyl (C=O) groups excluding carboxylic acids is 2. The molecule has 0 aliphatic rings. The van der Waals surface area contributed by atoms with Gasteiger partial charge in [-0.25, -0.2) is 4.79 Å². The summed E-state index contributed by atoms with van der Waals surface area (Å²) in [5.74, 6) is -2.58. The van der Waals surface area contributed by atoms with Gasteiger partial charge in [-0.3, -0.25) is 10.1 Å². The molecule has 114 valence electrons. The second-order valence-corrected chi connectivity index (χ2v) is 4.39. The number of amides is 3. The van der Waals surface area contributed by atoms with Gasteiger partial charge in [0.15, 0.2) is 17.2 Å². The van der Waals surface area contributed by atoms with Crippen LogP contribution < -0.4 is 16.4 Å². The summed E-state index contributed by atoms with van der Waals surface area (Å²) >= 11 is 0. The van der Waals surface area contributed by atoms with Gasteiger partial charge < -0.3 is 26.4 Å². The summed E-state index contributed by atoms with van der Waals surface area (Å²) in [5, 5.41) is 32.1. The Balaban J connectivity index is 2.04. The molecule has 2 rings (SSSR count). The molecule has 0 saturated carbocycles. The van der Waals surface area contributed by atoms with Gasteiger partial charge in [0.05, 0.1) is 5.69 Å². The van der Waals surface area contributed by atoms with E-state index in [0.29, 0.717) is 5.69 Å². The van der Waals surface area contributed by atoms with Gasteiger partial charge in [-0.05, 0) is 24.3 Å². The number of phenols is 3. The number of aromatic hydroxyl groups is 3. The van der Waals surface area contributed by atoms with Crippen LogP contribution in [-0.2, 0) is 0 Å². The standard InChI is InChI=1S/C14H13N3O5/c15-8-3-1-7(2-4-8)13(21)17-14(22)16-9-5-10(18)12(20)11(19)6-9/h1-6,18-20H,15H2,(H2,16,17,21,22). The Labute approximate surface area is 124 Å². The summed E-state index contributed by atoms with van der Waals surface area (Å²) in [6.45, 7) is 0. The molecular weight excluding hydrogens is 290 g/mol. The molecule has 2 aromatic carbocycles. The largest absolute Gasteiger partial charge is 0.504 e. The highest BCUT2D eigenvalue weighted by Crippen LogP contribution is 2.37. The van der Waals surface area contributed by atoms with Crippen LogP contribution in [0.2, 0.25) is 0 Å². The molecule has 0 bridgehead atoms. The van der Waals surface area contributed by atoms with Crippen molar-refractivity contribution in [2.24, 2.45) is 0 Å². The molecule has 7 N–H and O–H groups in total. The Morgan fingerprint density at radius 3 is 2.05 bits per heavy atom. The average molecular weight is 303 g/mol. The number of anilines is 2. The van der Waals surface area contributed by atoms with Crippen molar-refractivity contribution in [1.29, 1.82) is 0 Å². The van der Waals surface area contributed by atoms with Crippen LogP contribution in [0.3, 0.4) is 0 Å². The lowest BCUT2D eigenvalue weighted by molar-refractivity contribution is 0.0967. The van der Waals surface area contributed by atoms with E-state index in [0.717, 1.165) is 12.1 Å². The number of imide groups is 1. The predicted octanol–water partition coefficient (Wildman–Crippen LogP) is 1.35. The van der Waals surface area contributed by atoms with Crippen LogP contribution in [0, 0.1) is 0 Å². The second kappa shape index (κ2) is 5.92. The maximum absolute atomic E-state index is 11.8. The Morgan fingerprint density at radius 1 is 0.955 bits per heavy atom. The van der Waals surface area contributed by atoms with E-state index in [9.17, 15) is 24.9 Å². The maximum Gasteiger partial charge on any atom is 0.326 e. The Bertz CT molecular complexity index is 705. The van der Waals surface area contributed by atoms with E-state index < -0.39 is 29.2 Å². The molecule has 22 heavy (non-hydrogen) atoms. The fraction of sp³-hybridized carbons (Fsp3) is 0. The monoisotopic (exact) mass is 303 g/mol.